The van der Waals surface area contributed by atoms with Crippen LogP contribution in [0.5, 0.6) is 5.75 Å². The quantitative estimate of drug-likeness (QED) is 0.481. The van der Waals surface area contributed by atoms with Crippen LogP contribution in [-0.2, 0) is 6.42 Å². The van der Waals surface area contributed by atoms with Crippen LogP contribution >= 0.6 is 0 Å². The van der Waals surface area contributed by atoms with E-state index < -0.39 is 23.3 Å². The Labute approximate surface area is 215 Å². The van der Waals surface area contributed by atoms with Gasteiger partial charge in [0.15, 0.2) is 0 Å². The number of hydrogen-bond donors (Lipinski definition) is 2. The first-order valence-corrected chi connectivity index (χ1v) is 13.2. The number of para-hydroxylation sites is 1. The van der Waals surface area contributed by atoms with Crippen LogP contribution in [0.2, 0.25) is 0 Å². The van der Waals surface area contributed by atoms with Crippen LogP contribution in [-0.4, -0.2) is 69.5 Å². The van der Waals surface area contributed by atoms with E-state index >= 15 is 8.78 Å². The molecule has 2 N–H and O–H groups in total. The van der Waals surface area contributed by atoms with Crippen LogP contribution in [0.25, 0.3) is 10.9 Å². The van der Waals surface area contributed by atoms with Crippen molar-refractivity contribution in [2.75, 3.05) is 19.6 Å². The van der Waals surface area contributed by atoms with Crippen molar-refractivity contribution in [3.05, 3.63) is 64.9 Å². The fourth-order valence-corrected chi connectivity index (χ4v) is 6.28. The molecule has 1 aromatic heterocycles. The van der Waals surface area contributed by atoms with Gasteiger partial charge < -0.3 is 14.8 Å². The summed E-state index contributed by atoms with van der Waals surface area (Å²) < 4.78 is 52.4. The predicted molar refractivity (Wildman–Crippen MR) is 137 cm³/mol. The predicted octanol–water partition coefficient (Wildman–Crippen LogP) is 5.12. The average molecular weight is 514 g/mol. The maximum absolute atomic E-state index is 15.8. The monoisotopic (exact) mass is 513 g/mol. The zero-order valence-corrected chi connectivity index (χ0v) is 21.5. The number of aromatic amines is 1. The number of ether oxygens (including phenoxy) is 1. The summed E-state index contributed by atoms with van der Waals surface area (Å²) in [4.78, 5) is 7.50. The Balaban J connectivity index is 1.32. The molecule has 0 unspecified atom stereocenters. The summed E-state index contributed by atoms with van der Waals surface area (Å²) in [5, 5.41) is 10.5. The van der Waals surface area contributed by atoms with Crippen LogP contribution in [0, 0.1) is 11.6 Å². The van der Waals surface area contributed by atoms with Crippen molar-refractivity contribution in [3.8, 4) is 5.75 Å². The number of H-pyrrole nitrogens is 1. The van der Waals surface area contributed by atoms with E-state index in [1.807, 2.05) is 36.1 Å². The molecule has 198 valence electrons. The number of nitrogens with zero attached hydrogens (tertiary/aromatic N) is 2. The minimum absolute atomic E-state index is 0.0402. The lowest BCUT2D eigenvalue weighted by Crippen LogP contribution is -2.61. The maximum Gasteiger partial charge on any atom is 0.135 e. The number of likely N-dealkylation sites (tertiary alicyclic amines) is 1. The number of halogens is 3. The normalized spacial score (nSPS) is 27.1. The molecule has 3 heterocycles. The van der Waals surface area contributed by atoms with E-state index in [1.165, 1.54) is 26.0 Å². The number of fused-ring (bicyclic) bond motifs is 3. The van der Waals surface area contributed by atoms with Gasteiger partial charge in [-0.15, -0.1) is 0 Å². The number of aliphatic hydroxyl groups is 1. The van der Waals surface area contributed by atoms with E-state index in [0.29, 0.717) is 31.2 Å². The highest BCUT2D eigenvalue weighted by atomic mass is 19.1. The zero-order valence-electron chi connectivity index (χ0n) is 21.5. The minimum Gasteiger partial charge on any atom is -0.488 e. The summed E-state index contributed by atoms with van der Waals surface area (Å²) >= 11 is 0. The summed E-state index contributed by atoms with van der Waals surface area (Å²) in [5.41, 5.74) is 1.01. The Morgan fingerprint density at radius 3 is 2.43 bits per heavy atom. The van der Waals surface area contributed by atoms with Crippen molar-refractivity contribution in [1.82, 2.24) is 14.8 Å². The van der Waals surface area contributed by atoms with Gasteiger partial charge in [0.2, 0.25) is 0 Å². The van der Waals surface area contributed by atoms with Crippen LogP contribution in [0.3, 0.4) is 0 Å². The van der Waals surface area contributed by atoms with Gasteiger partial charge in [0.25, 0.3) is 0 Å². The summed E-state index contributed by atoms with van der Waals surface area (Å²) in [6.07, 6.45) is 1.84. The van der Waals surface area contributed by atoms with E-state index in [-0.39, 0.29) is 36.1 Å². The molecule has 1 saturated heterocycles. The molecule has 37 heavy (non-hydrogen) atoms. The first-order chi connectivity index (χ1) is 17.6. The van der Waals surface area contributed by atoms with Gasteiger partial charge in [-0.3, -0.25) is 9.80 Å². The third kappa shape index (κ3) is 4.53. The summed E-state index contributed by atoms with van der Waals surface area (Å²) in [6.45, 7) is 6.38. The first kappa shape index (κ1) is 24.8. The molecular weight excluding hydrogens is 479 g/mol. The van der Waals surface area contributed by atoms with Crippen molar-refractivity contribution >= 4 is 10.9 Å². The summed E-state index contributed by atoms with van der Waals surface area (Å²) in [5.74, 6) is -1.23. The molecule has 2 aromatic carbocycles. The fourth-order valence-electron chi connectivity index (χ4n) is 6.28. The largest absolute Gasteiger partial charge is 0.488 e. The number of aromatic nitrogens is 1. The maximum atomic E-state index is 15.8. The van der Waals surface area contributed by atoms with Gasteiger partial charge in [0.1, 0.15) is 29.2 Å². The molecular formula is C29H34F3N3O2. The van der Waals surface area contributed by atoms with Gasteiger partial charge in [-0.05, 0) is 51.7 Å². The lowest BCUT2D eigenvalue weighted by atomic mass is 9.86. The molecule has 2 aliphatic heterocycles. The van der Waals surface area contributed by atoms with Crippen LogP contribution in [0.4, 0.5) is 13.2 Å². The Morgan fingerprint density at radius 2 is 1.78 bits per heavy atom. The first-order valence-electron chi connectivity index (χ1n) is 13.2. The van der Waals surface area contributed by atoms with Crippen LogP contribution in [0.1, 0.15) is 56.5 Å². The van der Waals surface area contributed by atoms with Gasteiger partial charge in [-0.2, -0.15) is 0 Å². The molecule has 0 radical (unpaired) electrons. The van der Waals surface area contributed by atoms with Gasteiger partial charge in [-0.1, -0.05) is 18.2 Å². The molecule has 0 bridgehead atoms. The highest BCUT2D eigenvalue weighted by Crippen LogP contribution is 2.44. The molecule has 1 saturated carbocycles. The van der Waals surface area contributed by atoms with Crippen molar-refractivity contribution in [2.45, 2.75) is 76.0 Å². The van der Waals surface area contributed by atoms with E-state index in [1.54, 1.807) is 0 Å². The number of alkyl halides is 1. The second-order valence-corrected chi connectivity index (χ2v) is 11.7. The molecule has 5 nitrogen and oxygen atoms in total. The molecule has 2 fully saturated rings. The molecule has 0 spiro atoms. The number of rotatable bonds is 6. The Hall–Kier alpha value is -2.55. The number of nitrogens with one attached hydrogen (secondary N) is 1. The van der Waals surface area contributed by atoms with Gasteiger partial charge in [-0.25, -0.2) is 13.2 Å². The Bertz CT molecular complexity index is 1280. The number of benzene rings is 2. The van der Waals surface area contributed by atoms with Crippen molar-refractivity contribution in [3.63, 3.8) is 0 Å². The average Bonchev–Trinajstić information content (AvgIpc) is 3.13. The summed E-state index contributed by atoms with van der Waals surface area (Å²) in [7, 11) is 0. The van der Waals surface area contributed by atoms with Crippen molar-refractivity contribution in [1.29, 1.82) is 0 Å². The van der Waals surface area contributed by atoms with E-state index in [0.717, 1.165) is 29.3 Å². The topological polar surface area (TPSA) is 51.7 Å². The number of aliphatic hydroxyl groups excluding tert-OH is 1. The summed E-state index contributed by atoms with van der Waals surface area (Å²) in [6, 6.07) is 9.82. The standard InChI is InChI=1S/C29H34F3N3O2/c1-16-8-22-21-6-4-5-7-25(21)33-27(22)28(35(16)15-29(2,3)32)26-23(30)11-19(12-24(26)31)37-20-13-34(14-20)17-9-18(36)10-17/h4-7,11-12,16-18,20,28,33,36H,8-10,13-15H2,1-3H3/t16-,17?,18?,28-/m1/s1. The Kier molecular flexibility index (Phi) is 6.05. The lowest BCUT2D eigenvalue weighted by Gasteiger charge is -2.49. The van der Waals surface area contributed by atoms with E-state index in [2.05, 4.69) is 9.88 Å². The van der Waals surface area contributed by atoms with Crippen LogP contribution < -0.4 is 4.74 Å². The second kappa shape index (κ2) is 9.03. The highest BCUT2D eigenvalue weighted by Gasteiger charge is 2.42. The molecule has 2 atom stereocenters. The van der Waals surface area contributed by atoms with Crippen molar-refractivity contribution < 1.29 is 23.0 Å². The minimum atomic E-state index is -1.54. The van der Waals surface area contributed by atoms with E-state index in [9.17, 15) is 9.50 Å². The molecule has 6 rings (SSSR count). The van der Waals surface area contributed by atoms with Gasteiger partial charge >= 0.3 is 0 Å². The fraction of sp³-hybridized carbons (Fsp3) is 0.517. The van der Waals surface area contributed by atoms with Crippen LogP contribution in [0.15, 0.2) is 36.4 Å². The van der Waals surface area contributed by atoms with Gasteiger partial charge in [0, 0.05) is 66.0 Å². The third-order valence-electron chi connectivity index (χ3n) is 8.19. The molecule has 3 aromatic rings. The van der Waals surface area contributed by atoms with Crippen molar-refractivity contribution in [2.24, 2.45) is 0 Å². The molecule has 8 heteroatoms. The highest BCUT2D eigenvalue weighted by molar-refractivity contribution is 5.85. The third-order valence-corrected chi connectivity index (χ3v) is 8.19. The lowest BCUT2D eigenvalue weighted by molar-refractivity contribution is -0.0713. The SMILES string of the molecule is C[C@@H]1Cc2c([nH]c3ccccc23)[C@@H](c2c(F)cc(OC3CN(C4CC(O)C4)C3)cc2F)N1CC(C)(C)F. The molecule has 1 aliphatic carbocycles. The second-order valence-electron chi connectivity index (χ2n) is 11.7. The zero-order chi connectivity index (χ0) is 26.1. The van der Waals surface area contributed by atoms with E-state index in [4.69, 9.17) is 4.74 Å². The molecule has 0 amide bonds. The Morgan fingerprint density at radius 1 is 1.11 bits per heavy atom. The number of hydrogen-bond acceptors (Lipinski definition) is 4. The smallest absolute Gasteiger partial charge is 0.135 e. The van der Waals surface area contributed by atoms with Gasteiger partial charge in [0.05, 0.1) is 12.1 Å². The molecule has 3 aliphatic rings.